The van der Waals surface area contributed by atoms with Crippen LogP contribution in [-0.2, 0) is 4.79 Å². The minimum Gasteiger partial charge on any atom is -0.486 e. The lowest BCUT2D eigenvalue weighted by Crippen LogP contribution is -2.31. The first kappa shape index (κ1) is 12.5. The van der Waals surface area contributed by atoms with Crippen LogP contribution >= 0.6 is 27.5 Å². The minimum absolute atomic E-state index is 0.103. The van der Waals surface area contributed by atoms with Crippen LogP contribution in [0.5, 0.6) is 5.75 Å². The molecule has 0 saturated heterocycles. The molecular formula is C11H11BrClNO3. The second-order valence-corrected chi connectivity index (χ2v) is 5.08. The van der Waals surface area contributed by atoms with Crippen molar-refractivity contribution >= 4 is 39.2 Å². The number of fused-ring (bicyclic) bond motifs is 1. The summed E-state index contributed by atoms with van der Waals surface area (Å²) in [7, 11) is 0. The fourth-order valence-electron chi connectivity index (χ4n) is 1.65. The first-order chi connectivity index (χ1) is 8.06. The summed E-state index contributed by atoms with van der Waals surface area (Å²) >= 11 is 9.31. The summed E-state index contributed by atoms with van der Waals surface area (Å²) in [5.74, 6) is -0.145. The van der Waals surface area contributed by atoms with E-state index in [1.54, 1.807) is 6.07 Å². The van der Waals surface area contributed by atoms with Crippen molar-refractivity contribution in [3.8, 4) is 5.75 Å². The number of anilines is 1. The van der Waals surface area contributed by atoms with Crippen LogP contribution in [0.15, 0.2) is 16.6 Å². The molecule has 0 aromatic heterocycles. The predicted molar refractivity (Wildman–Crippen MR) is 68.9 cm³/mol. The van der Waals surface area contributed by atoms with Gasteiger partial charge in [0.15, 0.2) is 0 Å². The summed E-state index contributed by atoms with van der Waals surface area (Å²) in [5, 5.41) is 12.4. The van der Waals surface area contributed by atoms with E-state index in [9.17, 15) is 4.79 Å². The van der Waals surface area contributed by atoms with Gasteiger partial charge in [-0.2, -0.15) is 0 Å². The molecule has 0 saturated carbocycles. The van der Waals surface area contributed by atoms with E-state index in [1.165, 1.54) is 0 Å². The van der Waals surface area contributed by atoms with Crippen molar-refractivity contribution in [3.63, 3.8) is 0 Å². The maximum Gasteiger partial charge on any atom is 0.303 e. The molecule has 1 aromatic carbocycles. The average molecular weight is 321 g/mol. The molecule has 0 radical (unpaired) electrons. The largest absolute Gasteiger partial charge is 0.486 e. The van der Waals surface area contributed by atoms with Crippen molar-refractivity contribution in [3.05, 3.63) is 21.6 Å². The molecular weight excluding hydrogens is 309 g/mol. The molecule has 0 bridgehead atoms. The number of benzene rings is 1. The highest BCUT2D eigenvalue weighted by molar-refractivity contribution is 9.10. The maximum atomic E-state index is 10.5. The zero-order valence-electron chi connectivity index (χ0n) is 8.87. The number of carboxylic acids is 1. The Morgan fingerprint density at radius 1 is 1.65 bits per heavy atom. The van der Waals surface area contributed by atoms with Crippen molar-refractivity contribution in [1.82, 2.24) is 0 Å². The first-order valence-corrected chi connectivity index (χ1v) is 6.34. The fraction of sp³-hybridized carbons (Fsp3) is 0.364. The lowest BCUT2D eigenvalue weighted by atomic mass is 10.1. The Morgan fingerprint density at radius 2 is 2.41 bits per heavy atom. The Balaban J connectivity index is 2.08. The third-order valence-corrected chi connectivity index (χ3v) is 3.71. The monoisotopic (exact) mass is 319 g/mol. The summed E-state index contributed by atoms with van der Waals surface area (Å²) in [6, 6.07) is 3.58. The van der Waals surface area contributed by atoms with Gasteiger partial charge in [-0.3, -0.25) is 4.79 Å². The van der Waals surface area contributed by atoms with Gasteiger partial charge in [0, 0.05) is 17.0 Å². The van der Waals surface area contributed by atoms with Gasteiger partial charge in [-0.1, -0.05) is 11.6 Å². The Hall–Kier alpha value is -0.940. The smallest absolute Gasteiger partial charge is 0.303 e. The molecule has 2 rings (SSSR count). The molecule has 6 heteroatoms. The molecule has 17 heavy (non-hydrogen) atoms. The SMILES string of the molecule is O=C(O)CCC1CNc2cc(Br)c(Cl)cc2O1. The summed E-state index contributed by atoms with van der Waals surface area (Å²) in [5.41, 5.74) is 0.868. The van der Waals surface area contributed by atoms with E-state index in [0.717, 1.165) is 10.2 Å². The second-order valence-electron chi connectivity index (χ2n) is 3.82. The first-order valence-electron chi connectivity index (χ1n) is 5.17. The van der Waals surface area contributed by atoms with Crippen LogP contribution in [0.1, 0.15) is 12.8 Å². The molecule has 2 N–H and O–H groups in total. The molecule has 0 amide bonds. The van der Waals surface area contributed by atoms with Crippen LogP contribution in [0.3, 0.4) is 0 Å². The van der Waals surface area contributed by atoms with Gasteiger partial charge in [0.2, 0.25) is 0 Å². The number of aliphatic carboxylic acids is 1. The van der Waals surface area contributed by atoms with E-state index in [4.69, 9.17) is 21.4 Å². The summed E-state index contributed by atoms with van der Waals surface area (Å²) in [6.45, 7) is 0.606. The molecule has 1 aliphatic rings. The number of carboxylic acid groups (broad SMARTS) is 1. The Labute approximate surface area is 112 Å². The van der Waals surface area contributed by atoms with E-state index in [1.807, 2.05) is 6.07 Å². The van der Waals surface area contributed by atoms with Gasteiger partial charge < -0.3 is 15.2 Å². The van der Waals surface area contributed by atoms with Gasteiger partial charge in [0.25, 0.3) is 0 Å². The highest BCUT2D eigenvalue weighted by atomic mass is 79.9. The van der Waals surface area contributed by atoms with Gasteiger partial charge in [0.05, 0.1) is 17.3 Å². The topological polar surface area (TPSA) is 58.6 Å². The molecule has 4 nitrogen and oxygen atoms in total. The van der Waals surface area contributed by atoms with Crippen molar-refractivity contribution in [2.45, 2.75) is 18.9 Å². The summed E-state index contributed by atoms with van der Waals surface area (Å²) in [4.78, 5) is 10.5. The number of nitrogens with one attached hydrogen (secondary N) is 1. The minimum atomic E-state index is -0.812. The third kappa shape index (κ3) is 3.04. The van der Waals surface area contributed by atoms with Gasteiger partial charge >= 0.3 is 5.97 Å². The van der Waals surface area contributed by atoms with Gasteiger partial charge in [-0.15, -0.1) is 0 Å². The molecule has 1 aromatic rings. The Morgan fingerprint density at radius 3 is 3.12 bits per heavy atom. The molecule has 0 fully saturated rings. The molecule has 1 heterocycles. The van der Waals surface area contributed by atoms with Gasteiger partial charge in [0.1, 0.15) is 11.9 Å². The van der Waals surface area contributed by atoms with E-state index >= 15 is 0 Å². The van der Waals surface area contributed by atoms with Crippen LogP contribution in [0, 0.1) is 0 Å². The lowest BCUT2D eigenvalue weighted by molar-refractivity contribution is -0.137. The number of hydrogen-bond acceptors (Lipinski definition) is 3. The van der Waals surface area contributed by atoms with Gasteiger partial charge in [-0.05, 0) is 28.4 Å². The fourth-order valence-corrected chi connectivity index (χ4v) is 2.15. The molecule has 0 aliphatic carbocycles. The molecule has 92 valence electrons. The maximum absolute atomic E-state index is 10.5. The van der Waals surface area contributed by atoms with Crippen LogP contribution in [-0.4, -0.2) is 23.7 Å². The molecule has 1 aliphatic heterocycles. The van der Waals surface area contributed by atoms with Crippen LogP contribution in [0.25, 0.3) is 0 Å². The number of halogens is 2. The van der Waals surface area contributed by atoms with Crippen LogP contribution in [0.4, 0.5) is 5.69 Å². The standard InChI is InChI=1S/C11H11BrClNO3/c12-7-3-9-10(4-8(7)13)17-6(5-14-9)1-2-11(15)16/h3-4,6,14H,1-2,5H2,(H,15,16). The average Bonchev–Trinajstić information content (AvgIpc) is 2.28. The lowest BCUT2D eigenvalue weighted by Gasteiger charge is -2.27. The summed E-state index contributed by atoms with van der Waals surface area (Å²) in [6.07, 6.45) is 0.456. The highest BCUT2D eigenvalue weighted by Crippen LogP contribution is 2.37. The zero-order valence-corrected chi connectivity index (χ0v) is 11.2. The van der Waals surface area contributed by atoms with Crippen molar-refractivity contribution in [2.75, 3.05) is 11.9 Å². The third-order valence-electron chi connectivity index (χ3n) is 2.52. The number of carbonyl (C=O) groups is 1. The number of hydrogen-bond donors (Lipinski definition) is 2. The van der Waals surface area contributed by atoms with E-state index < -0.39 is 5.97 Å². The second kappa shape index (κ2) is 5.14. The number of ether oxygens (including phenoxy) is 1. The molecule has 1 unspecified atom stereocenters. The Kier molecular flexibility index (Phi) is 3.79. The molecule has 1 atom stereocenters. The zero-order chi connectivity index (χ0) is 12.4. The van der Waals surface area contributed by atoms with E-state index in [-0.39, 0.29) is 12.5 Å². The van der Waals surface area contributed by atoms with Crippen molar-refractivity contribution < 1.29 is 14.6 Å². The van der Waals surface area contributed by atoms with Crippen molar-refractivity contribution in [1.29, 1.82) is 0 Å². The van der Waals surface area contributed by atoms with E-state index in [2.05, 4.69) is 21.2 Å². The quantitative estimate of drug-likeness (QED) is 0.898. The predicted octanol–water partition coefficient (Wildman–Crippen LogP) is 3.14. The number of rotatable bonds is 3. The normalized spacial score (nSPS) is 17.9. The van der Waals surface area contributed by atoms with Gasteiger partial charge in [-0.25, -0.2) is 0 Å². The van der Waals surface area contributed by atoms with Crippen LogP contribution < -0.4 is 10.1 Å². The Bertz CT molecular complexity index is 453. The van der Waals surface area contributed by atoms with Crippen molar-refractivity contribution in [2.24, 2.45) is 0 Å². The molecule has 0 spiro atoms. The van der Waals surface area contributed by atoms with Crippen LogP contribution in [0.2, 0.25) is 5.02 Å². The highest BCUT2D eigenvalue weighted by Gasteiger charge is 2.21. The summed E-state index contributed by atoms with van der Waals surface area (Å²) < 4.78 is 6.49. The van der Waals surface area contributed by atoms with E-state index in [0.29, 0.717) is 23.7 Å².